The van der Waals surface area contributed by atoms with E-state index in [9.17, 15) is 4.79 Å². The predicted octanol–water partition coefficient (Wildman–Crippen LogP) is 1.07. The molecule has 1 aromatic carbocycles. The van der Waals surface area contributed by atoms with Crippen LogP contribution < -0.4 is 5.32 Å². The van der Waals surface area contributed by atoms with E-state index in [2.05, 4.69) is 5.32 Å². The van der Waals surface area contributed by atoms with E-state index in [1.54, 1.807) is 24.3 Å². The Morgan fingerprint density at radius 1 is 1.06 bits per heavy atom. The standard InChI is InChI=1S/C13H19NO3/c15-9-3-1-2-8-14-13(17)12-6-4-11(10-16)5-7-12/h4-7,15-16H,1-3,8-10H2,(H,14,17). The smallest absolute Gasteiger partial charge is 0.251 e. The number of aliphatic hydroxyl groups excluding tert-OH is 2. The molecule has 0 radical (unpaired) electrons. The maximum absolute atomic E-state index is 11.7. The average molecular weight is 237 g/mol. The molecule has 0 aliphatic heterocycles. The number of nitrogens with one attached hydrogen (secondary N) is 1. The molecule has 1 rings (SSSR count). The molecule has 0 saturated heterocycles. The first kappa shape index (κ1) is 13.7. The lowest BCUT2D eigenvalue weighted by Crippen LogP contribution is -2.24. The van der Waals surface area contributed by atoms with Crippen molar-refractivity contribution in [3.8, 4) is 0 Å². The normalized spacial score (nSPS) is 10.2. The number of unbranched alkanes of at least 4 members (excludes halogenated alkanes) is 2. The van der Waals surface area contributed by atoms with E-state index in [0.717, 1.165) is 24.8 Å². The highest BCUT2D eigenvalue weighted by Crippen LogP contribution is 2.04. The zero-order chi connectivity index (χ0) is 12.5. The fraction of sp³-hybridized carbons (Fsp3) is 0.462. The molecule has 0 aliphatic rings. The van der Waals surface area contributed by atoms with Crippen LogP contribution in [0.4, 0.5) is 0 Å². The van der Waals surface area contributed by atoms with Crippen molar-refractivity contribution in [1.29, 1.82) is 0 Å². The monoisotopic (exact) mass is 237 g/mol. The second-order valence-electron chi connectivity index (χ2n) is 3.90. The van der Waals surface area contributed by atoms with Gasteiger partial charge in [0.05, 0.1) is 6.61 Å². The summed E-state index contributed by atoms with van der Waals surface area (Å²) in [7, 11) is 0. The summed E-state index contributed by atoms with van der Waals surface area (Å²) in [5.74, 6) is -0.0986. The summed E-state index contributed by atoms with van der Waals surface area (Å²) in [4.78, 5) is 11.7. The fourth-order valence-electron chi connectivity index (χ4n) is 1.48. The number of hydrogen-bond donors (Lipinski definition) is 3. The molecule has 4 heteroatoms. The number of benzene rings is 1. The first-order chi connectivity index (χ1) is 8.27. The molecule has 4 nitrogen and oxygen atoms in total. The Balaban J connectivity index is 2.31. The van der Waals surface area contributed by atoms with Gasteiger partial charge in [-0.1, -0.05) is 12.1 Å². The molecule has 0 fully saturated rings. The van der Waals surface area contributed by atoms with Crippen molar-refractivity contribution in [2.75, 3.05) is 13.2 Å². The average Bonchev–Trinajstić information content (AvgIpc) is 2.38. The van der Waals surface area contributed by atoms with Crippen molar-refractivity contribution >= 4 is 5.91 Å². The third-order valence-corrected chi connectivity index (χ3v) is 2.52. The number of amides is 1. The molecule has 0 atom stereocenters. The highest BCUT2D eigenvalue weighted by molar-refractivity contribution is 5.94. The van der Waals surface area contributed by atoms with Gasteiger partial charge in [-0.25, -0.2) is 0 Å². The molecule has 0 aromatic heterocycles. The number of rotatable bonds is 7. The Labute approximate surface area is 101 Å². The number of aliphatic hydroxyl groups is 2. The van der Waals surface area contributed by atoms with Crippen LogP contribution in [0.5, 0.6) is 0 Å². The number of carbonyl (C=O) groups is 1. The Hall–Kier alpha value is -1.39. The van der Waals surface area contributed by atoms with Gasteiger partial charge in [0.25, 0.3) is 5.91 Å². The molecule has 94 valence electrons. The molecule has 0 spiro atoms. The molecule has 0 bridgehead atoms. The largest absolute Gasteiger partial charge is 0.396 e. The Morgan fingerprint density at radius 3 is 2.35 bits per heavy atom. The second-order valence-corrected chi connectivity index (χ2v) is 3.90. The van der Waals surface area contributed by atoms with Gasteiger partial charge in [-0.3, -0.25) is 4.79 Å². The third-order valence-electron chi connectivity index (χ3n) is 2.52. The zero-order valence-electron chi connectivity index (χ0n) is 9.85. The maximum Gasteiger partial charge on any atom is 0.251 e. The Kier molecular flexibility index (Phi) is 6.29. The van der Waals surface area contributed by atoms with Gasteiger partial charge in [0.2, 0.25) is 0 Å². The van der Waals surface area contributed by atoms with Gasteiger partial charge in [-0.05, 0) is 37.0 Å². The van der Waals surface area contributed by atoms with E-state index in [4.69, 9.17) is 10.2 Å². The lowest BCUT2D eigenvalue weighted by atomic mass is 10.1. The van der Waals surface area contributed by atoms with Crippen LogP contribution in [0, 0.1) is 0 Å². The zero-order valence-corrected chi connectivity index (χ0v) is 9.85. The van der Waals surface area contributed by atoms with Crippen LogP contribution in [0.2, 0.25) is 0 Å². The first-order valence-electron chi connectivity index (χ1n) is 5.87. The lowest BCUT2D eigenvalue weighted by Gasteiger charge is -2.05. The molecular weight excluding hydrogens is 218 g/mol. The second kappa shape index (κ2) is 7.81. The Bertz CT molecular complexity index is 335. The van der Waals surface area contributed by atoms with Gasteiger partial charge >= 0.3 is 0 Å². The van der Waals surface area contributed by atoms with Crippen LogP contribution in [0.1, 0.15) is 35.2 Å². The number of hydrogen-bond acceptors (Lipinski definition) is 3. The summed E-state index contributed by atoms with van der Waals surface area (Å²) in [5.41, 5.74) is 1.40. The maximum atomic E-state index is 11.7. The van der Waals surface area contributed by atoms with Crippen molar-refractivity contribution in [2.24, 2.45) is 0 Å². The molecule has 17 heavy (non-hydrogen) atoms. The van der Waals surface area contributed by atoms with Gasteiger partial charge in [0.1, 0.15) is 0 Å². The van der Waals surface area contributed by atoms with E-state index >= 15 is 0 Å². The predicted molar refractivity (Wildman–Crippen MR) is 65.6 cm³/mol. The third kappa shape index (κ3) is 4.97. The summed E-state index contributed by atoms with van der Waals surface area (Å²) in [6.07, 6.45) is 2.57. The van der Waals surface area contributed by atoms with Gasteiger partial charge in [-0.15, -0.1) is 0 Å². The summed E-state index contributed by atoms with van der Waals surface area (Å²) in [5, 5.41) is 20.3. The quantitative estimate of drug-likeness (QED) is 0.621. The summed E-state index contributed by atoms with van der Waals surface area (Å²) < 4.78 is 0. The first-order valence-corrected chi connectivity index (χ1v) is 5.87. The van der Waals surface area contributed by atoms with Gasteiger partial charge < -0.3 is 15.5 Å². The fourth-order valence-corrected chi connectivity index (χ4v) is 1.48. The number of carbonyl (C=O) groups excluding carboxylic acids is 1. The topological polar surface area (TPSA) is 69.6 Å². The van der Waals surface area contributed by atoms with E-state index < -0.39 is 0 Å². The van der Waals surface area contributed by atoms with Crippen molar-refractivity contribution in [1.82, 2.24) is 5.32 Å². The highest BCUT2D eigenvalue weighted by Gasteiger charge is 2.03. The molecular formula is C13H19NO3. The minimum absolute atomic E-state index is 0.0109. The molecule has 3 N–H and O–H groups in total. The van der Waals surface area contributed by atoms with Crippen LogP contribution in [0.15, 0.2) is 24.3 Å². The van der Waals surface area contributed by atoms with E-state index in [-0.39, 0.29) is 19.1 Å². The minimum Gasteiger partial charge on any atom is -0.396 e. The molecule has 1 amide bonds. The van der Waals surface area contributed by atoms with Crippen LogP contribution in [-0.4, -0.2) is 29.3 Å². The van der Waals surface area contributed by atoms with E-state index in [1.807, 2.05) is 0 Å². The SMILES string of the molecule is O=C(NCCCCCO)c1ccc(CO)cc1. The van der Waals surface area contributed by atoms with Crippen LogP contribution >= 0.6 is 0 Å². The molecule has 1 aromatic rings. The van der Waals surface area contributed by atoms with Crippen molar-refractivity contribution in [2.45, 2.75) is 25.9 Å². The van der Waals surface area contributed by atoms with Crippen molar-refractivity contribution in [3.05, 3.63) is 35.4 Å². The van der Waals surface area contributed by atoms with E-state index in [1.165, 1.54) is 0 Å². The van der Waals surface area contributed by atoms with Gasteiger partial charge in [0.15, 0.2) is 0 Å². The summed E-state index contributed by atoms with van der Waals surface area (Å²) >= 11 is 0. The molecule has 0 unspecified atom stereocenters. The van der Waals surface area contributed by atoms with Crippen LogP contribution in [-0.2, 0) is 6.61 Å². The van der Waals surface area contributed by atoms with Crippen molar-refractivity contribution < 1.29 is 15.0 Å². The van der Waals surface area contributed by atoms with Crippen LogP contribution in [0.25, 0.3) is 0 Å². The van der Waals surface area contributed by atoms with Gasteiger partial charge in [0, 0.05) is 18.7 Å². The van der Waals surface area contributed by atoms with Crippen molar-refractivity contribution in [3.63, 3.8) is 0 Å². The summed E-state index contributed by atoms with van der Waals surface area (Å²) in [6, 6.07) is 6.88. The lowest BCUT2D eigenvalue weighted by molar-refractivity contribution is 0.0953. The Morgan fingerprint density at radius 2 is 1.76 bits per heavy atom. The molecule has 0 aliphatic carbocycles. The molecule has 0 saturated carbocycles. The van der Waals surface area contributed by atoms with Gasteiger partial charge in [-0.2, -0.15) is 0 Å². The van der Waals surface area contributed by atoms with E-state index in [0.29, 0.717) is 12.1 Å². The summed E-state index contributed by atoms with van der Waals surface area (Å²) in [6.45, 7) is 0.820. The van der Waals surface area contributed by atoms with Crippen LogP contribution in [0.3, 0.4) is 0 Å². The highest BCUT2D eigenvalue weighted by atomic mass is 16.3. The minimum atomic E-state index is -0.0986. The molecule has 0 heterocycles.